The molecule has 0 radical (unpaired) electrons. The van der Waals surface area contributed by atoms with E-state index in [0.29, 0.717) is 0 Å². The molecule has 2 rings (SSSR count). The zero-order chi connectivity index (χ0) is 15.3. The molecular weight excluding hydrogens is 268 g/mol. The first-order valence-corrected chi connectivity index (χ1v) is 9.74. The Morgan fingerprint density at radius 3 is 2.32 bits per heavy atom. The largest absolute Gasteiger partial charge is 0.390 e. The van der Waals surface area contributed by atoms with Gasteiger partial charge in [-0.05, 0) is 70.5 Å². The van der Waals surface area contributed by atoms with E-state index in [1.54, 1.807) is 0 Å². The molecular formula is C20H36N2. The normalized spacial score (nSPS) is 27.4. The fourth-order valence-corrected chi connectivity index (χ4v) is 3.72. The van der Waals surface area contributed by atoms with E-state index >= 15 is 0 Å². The number of allylic oxidation sites excluding steroid dienone is 3. The highest BCUT2D eigenvalue weighted by atomic mass is 15.2. The Labute approximate surface area is 138 Å². The molecule has 0 saturated heterocycles. The molecule has 0 aromatic rings. The lowest BCUT2D eigenvalue weighted by Gasteiger charge is -2.32. The van der Waals surface area contributed by atoms with Gasteiger partial charge < -0.3 is 5.32 Å². The summed E-state index contributed by atoms with van der Waals surface area (Å²) >= 11 is 0. The van der Waals surface area contributed by atoms with Crippen LogP contribution in [0.3, 0.4) is 0 Å². The zero-order valence-electron chi connectivity index (χ0n) is 14.4. The second-order valence-corrected chi connectivity index (χ2v) is 6.94. The van der Waals surface area contributed by atoms with Gasteiger partial charge in [0.25, 0.3) is 0 Å². The van der Waals surface area contributed by atoms with Crippen LogP contribution in [-0.2, 0) is 0 Å². The molecule has 1 aliphatic carbocycles. The first-order valence-electron chi connectivity index (χ1n) is 9.74. The molecule has 0 bridgehead atoms. The van der Waals surface area contributed by atoms with Gasteiger partial charge in [-0.3, -0.25) is 4.90 Å². The maximum atomic E-state index is 3.48. The summed E-state index contributed by atoms with van der Waals surface area (Å²) < 4.78 is 0. The molecule has 0 saturated carbocycles. The molecule has 0 fully saturated rings. The van der Waals surface area contributed by atoms with Crippen LogP contribution in [0.4, 0.5) is 0 Å². The molecule has 2 heteroatoms. The minimum atomic E-state index is 0.818. The van der Waals surface area contributed by atoms with Gasteiger partial charge >= 0.3 is 0 Å². The van der Waals surface area contributed by atoms with Crippen LogP contribution < -0.4 is 5.32 Å². The highest BCUT2D eigenvalue weighted by Gasteiger charge is 2.17. The van der Waals surface area contributed by atoms with Crippen molar-refractivity contribution in [3.63, 3.8) is 0 Å². The first kappa shape index (κ1) is 17.6. The highest BCUT2D eigenvalue weighted by Crippen LogP contribution is 2.19. The highest BCUT2D eigenvalue weighted by molar-refractivity contribution is 4.85. The van der Waals surface area contributed by atoms with Gasteiger partial charge in [0.15, 0.2) is 0 Å². The van der Waals surface area contributed by atoms with Gasteiger partial charge in [0.05, 0.1) is 0 Å². The minimum Gasteiger partial charge on any atom is -0.390 e. The van der Waals surface area contributed by atoms with E-state index in [-0.39, 0.29) is 0 Å². The van der Waals surface area contributed by atoms with Gasteiger partial charge in [-0.15, -0.1) is 0 Å². The molecule has 2 nitrogen and oxygen atoms in total. The van der Waals surface area contributed by atoms with Gasteiger partial charge in [0, 0.05) is 19.1 Å². The van der Waals surface area contributed by atoms with Crippen LogP contribution in [0.2, 0.25) is 0 Å². The van der Waals surface area contributed by atoms with Crippen molar-refractivity contribution in [3.8, 4) is 0 Å². The van der Waals surface area contributed by atoms with E-state index in [9.17, 15) is 0 Å². The molecule has 1 aliphatic heterocycles. The van der Waals surface area contributed by atoms with Crippen molar-refractivity contribution in [2.75, 3.05) is 19.6 Å². The van der Waals surface area contributed by atoms with Gasteiger partial charge in [0.1, 0.15) is 0 Å². The lowest BCUT2D eigenvalue weighted by Crippen LogP contribution is -2.40. The van der Waals surface area contributed by atoms with E-state index in [4.69, 9.17) is 0 Å². The van der Waals surface area contributed by atoms with Crippen LogP contribution in [0, 0.1) is 0 Å². The summed E-state index contributed by atoms with van der Waals surface area (Å²) in [5.74, 6) is 0. The fourth-order valence-electron chi connectivity index (χ4n) is 3.72. The molecule has 0 aromatic carbocycles. The van der Waals surface area contributed by atoms with E-state index in [1.807, 2.05) is 0 Å². The van der Waals surface area contributed by atoms with E-state index in [0.717, 1.165) is 12.6 Å². The van der Waals surface area contributed by atoms with E-state index in [2.05, 4.69) is 34.6 Å². The summed E-state index contributed by atoms with van der Waals surface area (Å²) in [5, 5.41) is 3.48. The summed E-state index contributed by atoms with van der Waals surface area (Å²) in [4.78, 5) is 2.80. The average molecular weight is 305 g/mol. The standard InChI is InChI=1S/C20H36N2/c1-2-4-7-11-15-20(14-10-6-3-1)22-18-13-9-5-8-12-16-21-17-19-22/h1,3,12,16,20-21H,2,4-11,13-15,17-19H2. The molecule has 22 heavy (non-hydrogen) atoms. The monoisotopic (exact) mass is 304 g/mol. The smallest absolute Gasteiger partial charge is 0.0269 e. The molecule has 1 N–H and O–H groups in total. The third-order valence-corrected chi connectivity index (χ3v) is 5.09. The van der Waals surface area contributed by atoms with Crippen LogP contribution in [0.1, 0.15) is 77.0 Å². The van der Waals surface area contributed by atoms with Crippen LogP contribution >= 0.6 is 0 Å². The Morgan fingerprint density at radius 2 is 1.41 bits per heavy atom. The molecule has 0 spiro atoms. The van der Waals surface area contributed by atoms with Crippen molar-refractivity contribution in [1.29, 1.82) is 0 Å². The number of nitrogens with zero attached hydrogens (tertiary/aromatic N) is 1. The van der Waals surface area contributed by atoms with Crippen LogP contribution in [-0.4, -0.2) is 30.6 Å². The molecule has 1 unspecified atom stereocenters. The van der Waals surface area contributed by atoms with Crippen molar-refractivity contribution in [2.24, 2.45) is 0 Å². The average Bonchev–Trinajstić information content (AvgIpc) is 2.64. The Hall–Kier alpha value is -0.760. The zero-order valence-corrected chi connectivity index (χ0v) is 14.4. The summed E-state index contributed by atoms with van der Waals surface area (Å²) in [6.07, 6.45) is 25.6. The second-order valence-electron chi connectivity index (χ2n) is 6.94. The molecule has 1 heterocycles. The summed E-state index contributed by atoms with van der Waals surface area (Å²) in [5.41, 5.74) is 0. The van der Waals surface area contributed by atoms with Gasteiger partial charge in [-0.2, -0.15) is 0 Å². The number of hydrogen-bond acceptors (Lipinski definition) is 2. The Kier molecular flexibility index (Phi) is 9.40. The molecule has 126 valence electrons. The summed E-state index contributed by atoms with van der Waals surface area (Å²) in [6, 6.07) is 0.818. The lowest BCUT2D eigenvalue weighted by molar-refractivity contribution is 0.171. The van der Waals surface area contributed by atoms with Crippen LogP contribution in [0.15, 0.2) is 24.4 Å². The van der Waals surface area contributed by atoms with Gasteiger partial charge in [0.2, 0.25) is 0 Å². The number of rotatable bonds is 1. The molecule has 0 amide bonds. The Balaban J connectivity index is 1.87. The van der Waals surface area contributed by atoms with Crippen molar-refractivity contribution >= 4 is 0 Å². The van der Waals surface area contributed by atoms with Crippen molar-refractivity contribution < 1.29 is 0 Å². The second kappa shape index (κ2) is 11.8. The minimum absolute atomic E-state index is 0.818. The van der Waals surface area contributed by atoms with Gasteiger partial charge in [-0.1, -0.05) is 37.5 Å². The van der Waals surface area contributed by atoms with Crippen molar-refractivity contribution in [2.45, 2.75) is 83.1 Å². The van der Waals surface area contributed by atoms with Gasteiger partial charge in [-0.25, -0.2) is 0 Å². The topological polar surface area (TPSA) is 15.3 Å². The fraction of sp³-hybridized carbons (Fsp3) is 0.800. The molecule has 0 aromatic heterocycles. The van der Waals surface area contributed by atoms with E-state index in [1.165, 1.54) is 90.1 Å². The summed E-state index contributed by atoms with van der Waals surface area (Å²) in [6.45, 7) is 3.62. The van der Waals surface area contributed by atoms with Crippen molar-refractivity contribution in [3.05, 3.63) is 24.4 Å². The number of nitrogens with one attached hydrogen (secondary N) is 1. The maximum absolute atomic E-state index is 3.48. The first-order chi connectivity index (χ1) is 11.0. The quantitative estimate of drug-likeness (QED) is 0.684. The van der Waals surface area contributed by atoms with Crippen LogP contribution in [0.5, 0.6) is 0 Å². The Morgan fingerprint density at radius 1 is 0.682 bits per heavy atom. The lowest BCUT2D eigenvalue weighted by atomic mass is 10.0. The predicted molar refractivity (Wildman–Crippen MR) is 97.0 cm³/mol. The predicted octanol–water partition coefficient (Wildman–Crippen LogP) is 5.02. The Bertz CT molecular complexity index is 290. The maximum Gasteiger partial charge on any atom is 0.0269 e. The third-order valence-electron chi connectivity index (χ3n) is 5.09. The molecule has 2 aliphatic rings. The van der Waals surface area contributed by atoms with Crippen molar-refractivity contribution in [1.82, 2.24) is 10.2 Å². The number of hydrogen-bond donors (Lipinski definition) is 1. The SMILES string of the molecule is C1=CCCCC(N2CCCCCC=CNCC2)CCCCC1. The molecule has 1 atom stereocenters. The third kappa shape index (κ3) is 7.49. The summed E-state index contributed by atoms with van der Waals surface area (Å²) in [7, 11) is 0. The van der Waals surface area contributed by atoms with E-state index < -0.39 is 0 Å². The van der Waals surface area contributed by atoms with Crippen LogP contribution in [0.25, 0.3) is 0 Å².